The molecule has 2 atom stereocenters. The van der Waals surface area contributed by atoms with Crippen LogP contribution in [0.3, 0.4) is 0 Å². The van der Waals surface area contributed by atoms with Gasteiger partial charge in [-0.15, -0.1) is 0 Å². The predicted molar refractivity (Wildman–Crippen MR) is 63.2 cm³/mol. The fourth-order valence-corrected chi connectivity index (χ4v) is 1.44. The van der Waals surface area contributed by atoms with Gasteiger partial charge in [0.1, 0.15) is 0 Å². The summed E-state index contributed by atoms with van der Waals surface area (Å²) in [6, 6.07) is 0.914. The lowest BCUT2D eigenvalue weighted by Gasteiger charge is -2.18. The number of rotatable bonds is 4. The number of nitrogens with one attached hydrogen (secondary N) is 1. The summed E-state index contributed by atoms with van der Waals surface area (Å²) < 4.78 is 0. The molecule has 0 saturated carbocycles. The first-order chi connectivity index (χ1) is 6.83. The van der Waals surface area contributed by atoms with Crippen LogP contribution < -0.4 is 5.32 Å². The highest BCUT2D eigenvalue weighted by molar-refractivity contribution is 5.14. The molecule has 1 nitrogen and oxygen atoms in total. The van der Waals surface area contributed by atoms with E-state index in [0.717, 1.165) is 6.42 Å². The van der Waals surface area contributed by atoms with Crippen LogP contribution in [0, 0.1) is 0 Å². The molecule has 0 amide bonds. The molecule has 1 heteroatoms. The van der Waals surface area contributed by atoms with Crippen molar-refractivity contribution < 1.29 is 0 Å². The van der Waals surface area contributed by atoms with Crippen molar-refractivity contribution >= 4 is 0 Å². The van der Waals surface area contributed by atoms with Crippen LogP contribution in [0.4, 0.5) is 0 Å². The summed E-state index contributed by atoms with van der Waals surface area (Å²) in [6.07, 6.45) is 18.0. The molecule has 2 unspecified atom stereocenters. The van der Waals surface area contributed by atoms with Gasteiger partial charge in [0.15, 0.2) is 0 Å². The van der Waals surface area contributed by atoms with Crippen LogP contribution in [-0.4, -0.2) is 12.1 Å². The average molecular weight is 189 g/mol. The van der Waals surface area contributed by atoms with Crippen molar-refractivity contribution in [3.05, 3.63) is 48.6 Å². The highest BCUT2D eigenvalue weighted by Gasteiger charge is 2.06. The van der Waals surface area contributed by atoms with E-state index in [0.29, 0.717) is 12.1 Å². The van der Waals surface area contributed by atoms with Crippen molar-refractivity contribution in [2.24, 2.45) is 0 Å². The fraction of sp³-hybridized carbons (Fsp3) is 0.385. The Kier molecular flexibility index (Phi) is 5.02. The Bertz CT molecular complexity index is 258. The summed E-state index contributed by atoms with van der Waals surface area (Å²) in [4.78, 5) is 0. The van der Waals surface area contributed by atoms with Gasteiger partial charge in [-0.05, 0) is 20.3 Å². The smallest absolute Gasteiger partial charge is 0.0293 e. The van der Waals surface area contributed by atoms with Gasteiger partial charge in [0.05, 0.1) is 0 Å². The Morgan fingerprint density at radius 1 is 1.36 bits per heavy atom. The van der Waals surface area contributed by atoms with Crippen LogP contribution in [0.15, 0.2) is 48.6 Å². The second kappa shape index (κ2) is 6.39. The summed E-state index contributed by atoms with van der Waals surface area (Å²) in [6.45, 7) is 4.20. The highest BCUT2D eigenvalue weighted by Crippen LogP contribution is 2.04. The zero-order valence-electron chi connectivity index (χ0n) is 8.98. The summed E-state index contributed by atoms with van der Waals surface area (Å²) in [7, 11) is 0. The first-order valence-electron chi connectivity index (χ1n) is 5.22. The molecule has 1 rings (SSSR count). The number of hydrogen-bond donors (Lipinski definition) is 1. The van der Waals surface area contributed by atoms with Crippen molar-refractivity contribution in [2.75, 3.05) is 0 Å². The molecule has 0 heterocycles. The quantitative estimate of drug-likeness (QED) is 0.670. The molecule has 0 radical (unpaired) electrons. The van der Waals surface area contributed by atoms with Crippen molar-refractivity contribution in [1.29, 1.82) is 0 Å². The van der Waals surface area contributed by atoms with E-state index < -0.39 is 0 Å². The largest absolute Gasteiger partial charge is 0.304 e. The van der Waals surface area contributed by atoms with E-state index in [1.165, 1.54) is 0 Å². The van der Waals surface area contributed by atoms with Crippen molar-refractivity contribution in [2.45, 2.75) is 32.4 Å². The molecule has 0 saturated heterocycles. The predicted octanol–water partition coefficient (Wildman–Crippen LogP) is 2.98. The van der Waals surface area contributed by atoms with Crippen LogP contribution in [0.1, 0.15) is 20.3 Å². The van der Waals surface area contributed by atoms with Crippen LogP contribution in [0.25, 0.3) is 0 Å². The van der Waals surface area contributed by atoms with Gasteiger partial charge >= 0.3 is 0 Å². The molecule has 1 N–H and O–H groups in total. The SMILES string of the molecule is C/C=C\C=C/C(C)NC1C=CC=CC1. The summed E-state index contributed by atoms with van der Waals surface area (Å²) in [5.41, 5.74) is 0. The highest BCUT2D eigenvalue weighted by atomic mass is 14.9. The Morgan fingerprint density at radius 3 is 2.86 bits per heavy atom. The summed E-state index contributed by atoms with van der Waals surface area (Å²) in [5, 5.41) is 3.52. The second-order valence-corrected chi connectivity index (χ2v) is 3.52. The van der Waals surface area contributed by atoms with Crippen molar-refractivity contribution in [3.63, 3.8) is 0 Å². The minimum Gasteiger partial charge on any atom is -0.304 e. The average Bonchev–Trinajstić information content (AvgIpc) is 2.20. The molecular formula is C13H19N. The van der Waals surface area contributed by atoms with E-state index in [-0.39, 0.29) is 0 Å². The zero-order valence-corrected chi connectivity index (χ0v) is 8.98. The Balaban J connectivity index is 2.29. The zero-order chi connectivity index (χ0) is 10.2. The standard InChI is InChI=1S/C13H19N/c1-3-4-6-9-12(2)14-13-10-7-5-8-11-13/h3-10,12-14H,11H2,1-2H3/b4-3-,9-6-. The molecule has 0 fully saturated rings. The molecule has 0 spiro atoms. The van der Waals surface area contributed by atoms with E-state index in [4.69, 9.17) is 0 Å². The molecule has 14 heavy (non-hydrogen) atoms. The lowest BCUT2D eigenvalue weighted by Crippen LogP contribution is -2.34. The first-order valence-corrected chi connectivity index (χ1v) is 5.22. The third-order valence-electron chi connectivity index (χ3n) is 2.16. The Hall–Kier alpha value is -1.08. The normalized spacial score (nSPS) is 23.7. The third-order valence-corrected chi connectivity index (χ3v) is 2.16. The molecule has 1 aliphatic rings. The van der Waals surface area contributed by atoms with Gasteiger partial charge in [-0.25, -0.2) is 0 Å². The number of allylic oxidation sites excluding steroid dienone is 5. The van der Waals surface area contributed by atoms with Gasteiger partial charge in [-0.3, -0.25) is 0 Å². The van der Waals surface area contributed by atoms with E-state index in [2.05, 4.69) is 54.8 Å². The maximum absolute atomic E-state index is 3.52. The van der Waals surface area contributed by atoms with Crippen LogP contribution in [-0.2, 0) is 0 Å². The van der Waals surface area contributed by atoms with Gasteiger partial charge < -0.3 is 5.32 Å². The van der Waals surface area contributed by atoms with E-state index in [9.17, 15) is 0 Å². The van der Waals surface area contributed by atoms with Crippen LogP contribution >= 0.6 is 0 Å². The summed E-state index contributed by atoms with van der Waals surface area (Å²) in [5.74, 6) is 0. The lowest BCUT2D eigenvalue weighted by molar-refractivity contribution is 0.555. The minimum absolute atomic E-state index is 0.423. The van der Waals surface area contributed by atoms with Crippen LogP contribution in [0.5, 0.6) is 0 Å². The molecule has 0 aromatic heterocycles. The van der Waals surface area contributed by atoms with E-state index in [1.54, 1.807) is 0 Å². The van der Waals surface area contributed by atoms with E-state index >= 15 is 0 Å². The lowest BCUT2D eigenvalue weighted by atomic mass is 10.1. The van der Waals surface area contributed by atoms with Crippen molar-refractivity contribution in [1.82, 2.24) is 5.32 Å². The molecular weight excluding hydrogens is 170 g/mol. The third kappa shape index (κ3) is 4.24. The Morgan fingerprint density at radius 2 is 2.21 bits per heavy atom. The Labute approximate surface area is 86.9 Å². The maximum atomic E-state index is 3.52. The molecule has 0 aliphatic heterocycles. The van der Waals surface area contributed by atoms with Gasteiger partial charge in [0.2, 0.25) is 0 Å². The van der Waals surface area contributed by atoms with Gasteiger partial charge in [-0.2, -0.15) is 0 Å². The van der Waals surface area contributed by atoms with Gasteiger partial charge in [0, 0.05) is 12.1 Å². The topological polar surface area (TPSA) is 12.0 Å². The molecule has 0 bridgehead atoms. The second-order valence-electron chi connectivity index (χ2n) is 3.52. The molecule has 0 aromatic carbocycles. The molecule has 1 aliphatic carbocycles. The minimum atomic E-state index is 0.423. The number of hydrogen-bond acceptors (Lipinski definition) is 1. The van der Waals surface area contributed by atoms with E-state index in [1.807, 2.05) is 13.0 Å². The van der Waals surface area contributed by atoms with Gasteiger partial charge in [-0.1, -0.05) is 48.6 Å². The molecule has 76 valence electrons. The molecule has 0 aromatic rings. The van der Waals surface area contributed by atoms with Crippen molar-refractivity contribution in [3.8, 4) is 0 Å². The monoisotopic (exact) mass is 189 g/mol. The maximum Gasteiger partial charge on any atom is 0.0293 e. The summed E-state index contributed by atoms with van der Waals surface area (Å²) >= 11 is 0. The van der Waals surface area contributed by atoms with Crippen LogP contribution in [0.2, 0.25) is 0 Å². The first kappa shape index (κ1) is 11.0. The van der Waals surface area contributed by atoms with Gasteiger partial charge in [0.25, 0.3) is 0 Å². The fourth-order valence-electron chi connectivity index (χ4n) is 1.44.